The van der Waals surface area contributed by atoms with Crippen LogP contribution in [0.4, 0.5) is 0 Å². The number of carbonyl (C=O) groups is 3. The van der Waals surface area contributed by atoms with Crippen LogP contribution >= 0.6 is 0 Å². The van der Waals surface area contributed by atoms with E-state index in [1.54, 1.807) is 38.4 Å². The van der Waals surface area contributed by atoms with E-state index in [0.717, 1.165) is 5.56 Å². The summed E-state index contributed by atoms with van der Waals surface area (Å²) in [6, 6.07) is 15.8. The molecule has 0 aliphatic rings. The fourth-order valence-electron chi connectivity index (χ4n) is 2.74. The largest absolute Gasteiger partial charge is 0.481 e. The molecule has 1 atom stereocenters. The molecule has 0 saturated heterocycles. The highest BCUT2D eigenvalue weighted by molar-refractivity contribution is 5.99. The van der Waals surface area contributed by atoms with Crippen molar-refractivity contribution in [3.8, 4) is 0 Å². The Morgan fingerprint density at radius 1 is 1.00 bits per heavy atom. The summed E-state index contributed by atoms with van der Waals surface area (Å²) in [5.41, 5.74) is 1.82. The second kappa shape index (κ2) is 9.52. The van der Waals surface area contributed by atoms with Crippen molar-refractivity contribution < 1.29 is 19.5 Å². The van der Waals surface area contributed by atoms with Gasteiger partial charge < -0.3 is 15.3 Å². The van der Waals surface area contributed by atoms with Gasteiger partial charge in [0.25, 0.3) is 11.8 Å². The van der Waals surface area contributed by atoms with Crippen LogP contribution in [0.2, 0.25) is 0 Å². The Morgan fingerprint density at radius 2 is 1.67 bits per heavy atom. The summed E-state index contributed by atoms with van der Waals surface area (Å²) in [6.07, 6.45) is 0.833. The van der Waals surface area contributed by atoms with Crippen LogP contribution in [0.25, 0.3) is 0 Å². The quantitative estimate of drug-likeness (QED) is 0.750. The van der Waals surface area contributed by atoms with Gasteiger partial charge in [-0.3, -0.25) is 14.4 Å². The van der Waals surface area contributed by atoms with E-state index in [0.29, 0.717) is 24.0 Å². The monoisotopic (exact) mass is 368 g/mol. The fourth-order valence-corrected chi connectivity index (χ4v) is 2.74. The number of nitrogens with zero attached hydrogens (tertiary/aromatic N) is 1. The molecule has 0 bridgehead atoms. The third kappa shape index (κ3) is 6.26. The molecule has 2 N–H and O–H groups in total. The first kappa shape index (κ1) is 20.2. The number of hydrogen-bond donors (Lipinski definition) is 2. The Morgan fingerprint density at radius 3 is 2.30 bits per heavy atom. The van der Waals surface area contributed by atoms with Crippen molar-refractivity contribution in [3.05, 3.63) is 71.3 Å². The molecule has 2 aromatic rings. The summed E-state index contributed by atoms with van der Waals surface area (Å²) in [4.78, 5) is 37.1. The van der Waals surface area contributed by atoms with Crippen LogP contribution in [0.3, 0.4) is 0 Å². The van der Waals surface area contributed by atoms with Crippen molar-refractivity contribution in [3.63, 3.8) is 0 Å². The topological polar surface area (TPSA) is 86.7 Å². The first-order chi connectivity index (χ1) is 12.9. The summed E-state index contributed by atoms with van der Waals surface area (Å²) < 4.78 is 0. The highest BCUT2D eigenvalue weighted by Gasteiger charge is 2.17. The van der Waals surface area contributed by atoms with Gasteiger partial charge in [0.1, 0.15) is 0 Å². The summed E-state index contributed by atoms with van der Waals surface area (Å²) >= 11 is 0. The van der Waals surface area contributed by atoms with Gasteiger partial charge in [0.05, 0.1) is 0 Å². The zero-order chi connectivity index (χ0) is 19.8. The summed E-state index contributed by atoms with van der Waals surface area (Å²) in [7, 11) is 3.30. The third-order valence-electron chi connectivity index (χ3n) is 4.14. The Kier molecular flexibility index (Phi) is 7.11. The van der Waals surface area contributed by atoms with Crippen LogP contribution in [0.15, 0.2) is 54.6 Å². The number of aliphatic carboxylic acids is 1. The predicted octanol–water partition coefficient (Wildman–Crippen LogP) is 2.59. The summed E-state index contributed by atoms with van der Waals surface area (Å²) in [6.45, 7) is 0. The van der Waals surface area contributed by atoms with Gasteiger partial charge in [0.2, 0.25) is 0 Å². The second-order valence-electron chi connectivity index (χ2n) is 6.57. The number of benzene rings is 2. The smallest absolute Gasteiger partial charge is 0.303 e. The number of amides is 2. The van der Waals surface area contributed by atoms with Crippen molar-refractivity contribution in [1.29, 1.82) is 0 Å². The van der Waals surface area contributed by atoms with Crippen LogP contribution in [0.1, 0.15) is 39.1 Å². The molecule has 27 heavy (non-hydrogen) atoms. The highest BCUT2D eigenvalue weighted by atomic mass is 16.4. The fraction of sp³-hybridized carbons (Fsp3) is 0.286. The number of rotatable bonds is 8. The van der Waals surface area contributed by atoms with E-state index in [2.05, 4.69) is 5.32 Å². The molecule has 142 valence electrons. The standard InChI is InChI=1S/C21H24N2O4/c1-23(2)21(27)17-10-6-9-16(14-17)20(26)22-18(11-12-19(24)25)13-15-7-4-3-5-8-15/h3-10,14,18H,11-13H2,1-2H3,(H,22,26)(H,24,25). The first-order valence-corrected chi connectivity index (χ1v) is 8.75. The second-order valence-corrected chi connectivity index (χ2v) is 6.57. The molecule has 0 radical (unpaired) electrons. The van der Waals surface area contributed by atoms with Crippen molar-refractivity contribution in [2.45, 2.75) is 25.3 Å². The molecule has 0 aliphatic carbocycles. The first-order valence-electron chi connectivity index (χ1n) is 8.75. The summed E-state index contributed by atoms with van der Waals surface area (Å²) in [5, 5.41) is 11.9. The lowest BCUT2D eigenvalue weighted by Gasteiger charge is -2.19. The average molecular weight is 368 g/mol. The summed E-state index contributed by atoms with van der Waals surface area (Å²) in [5.74, 6) is -1.41. The third-order valence-corrected chi connectivity index (χ3v) is 4.14. The highest BCUT2D eigenvalue weighted by Crippen LogP contribution is 2.11. The zero-order valence-electron chi connectivity index (χ0n) is 15.5. The molecule has 2 amide bonds. The molecule has 6 nitrogen and oxygen atoms in total. The number of nitrogens with one attached hydrogen (secondary N) is 1. The van der Waals surface area contributed by atoms with Crippen molar-refractivity contribution in [2.24, 2.45) is 0 Å². The number of carboxylic acids is 1. The lowest BCUT2D eigenvalue weighted by molar-refractivity contribution is -0.137. The molecule has 0 saturated carbocycles. The van der Waals surface area contributed by atoms with Gasteiger partial charge >= 0.3 is 5.97 Å². The molecule has 0 aliphatic heterocycles. The molecular weight excluding hydrogens is 344 g/mol. The maximum atomic E-state index is 12.7. The molecule has 0 fully saturated rings. The van der Waals surface area contributed by atoms with E-state index in [1.165, 1.54) is 4.90 Å². The Labute approximate surface area is 158 Å². The average Bonchev–Trinajstić information content (AvgIpc) is 2.66. The minimum atomic E-state index is -0.902. The molecule has 1 unspecified atom stereocenters. The van der Waals surface area contributed by atoms with E-state index in [4.69, 9.17) is 5.11 Å². The maximum Gasteiger partial charge on any atom is 0.303 e. The van der Waals surface area contributed by atoms with Gasteiger partial charge in [-0.2, -0.15) is 0 Å². The maximum absolute atomic E-state index is 12.7. The Bertz CT molecular complexity index is 803. The Balaban J connectivity index is 2.13. The van der Waals surface area contributed by atoms with Gasteiger partial charge in [-0.25, -0.2) is 0 Å². The van der Waals surface area contributed by atoms with Crippen LogP contribution in [0, 0.1) is 0 Å². The lowest BCUT2D eigenvalue weighted by Crippen LogP contribution is -2.37. The predicted molar refractivity (Wildman–Crippen MR) is 103 cm³/mol. The molecule has 6 heteroatoms. The molecular formula is C21H24N2O4. The number of carboxylic acid groups (broad SMARTS) is 1. The molecule has 0 heterocycles. The van der Waals surface area contributed by atoms with Crippen LogP contribution in [0.5, 0.6) is 0 Å². The molecule has 2 aromatic carbocycles. The van der Waals surface area contributed by atoms with Crippen molar-refractivity contribution in [1.82, 2.24) is 10.2 Å². The van der Waals surface area contributed by atoms with E-state index in [1.807, 2.05) is 30.3 Å². The van der Waals surface area contributed by atoms with Gasteiger partial charge in [-0.1, -0.05) is 36.4 Å². The van der Waals surface area contributed by atoms with E-state index in [-0.39, 0.29) is 24.3 Å². The number of carbonyl (C=O) groups excluding carboxylic acids is 2. The Hall–Kier alpha value is -3.15. The van der Waals surface area contributed by atoms with Crippen LogP contribution in [-0.4, -0.2) is 47.9 Å². The van der Waals surface area contributed by atoms with E-state index >= 15 is 0 Å². The SMILES string of the molecule is CN(C)C(=O)c1cccc(C(=O)NC(CCC(=O)O)Cc2ccccc2)c1. The minimum Gasteiger partial charge on any atom is -0.481 e. The van der Waals surface area contributed by atoms with Gasteiger partial charge in [0.15, 0.2) is 0 Å². The molecule has 0 aromatic heterocycles. The normalized spacial score (nSPS) is 11.5. The lowest BCUT2D eigenvalue weighted by atomic mass is 10.0. The van der Waals surface area contributed by atoms with Gasteiger partial charge in [0, 0.05) is 37.7 Å². The molecule has 0 spiro atoms. The van der Waals surface area contributed by atoms with Crippen molar-refractivity contribution >= 4 is 17.8 Å². The number of hydrogen-bond acceptors (Lipinski definition) is 3. The van der Waals surface area contributed by atoms with E-state index in [9.17, 15) is 14.4 Å². The van der Waals surface area contributed by atoms with Crippen LogP contribution < -0.4 is 5.32 Å². The minimum absolute atomic E-state index is 0.0308. The van der Waals surface area contributed by atoms with E-state index < -0.39 is 5.97 Å². The van der Waals surface area contributed by atoms with Crippen molar-refractivity contribution in [2.75, 3.05) is 14.1 Å². The van der Waals surface area contributed by atoms with Gasteiger partial charge in [-0.15, -0.1) is 0 Å². The van der Waals surface area contributed by atoms with Gasteiger partial charge in [-0.05, 0) is 36.6 Å². The van der Waals surface area contributed by atoms with Crippen LogP contribution in [-0.2, 0) is 11.2 Å². The molecule has 2 rings (SSSR count). The zero-order valence-corrected chi connectivity index (χ0v) is 15.5.